The van der Waals surface area contributed by atoms with Crippen molar-refractivity contribution in [1.29, 1.82) is 0 Å². The molecule has 0 aliphatic heterocycles. The lowest BCUT2D eigenvalue weighted by Gasteiger charge is -2.16. The standard InChI is InChI=1S/C19H22N4O3/c1-3-12-23(2)17(24)13-6-10-16(11-7-13)26-18(25)14-4-8-15(9-5-14)22-19(20)21/h4-11H,3,12H2,1-2H3,(H4,20,21,22). The molecule has 7 heteroatoms. The summed E-state index contributed by atoms with van der Waals surface area (Å²) in [4.78, 5) is 29.9. The van der Waals surface area contributed by atoms with Gasteiger partial charge in [-0.2, -0.15) is 0 Å². The Labute approximate surface area is 152 Å². The number of rotatable bonds is 6. The van der Waals surface area contributed by atoms with Gasteiger partial charge in [0.2, 0.25) is 0 Å². The van der Waals surface area contributed by atoms with Gasteiger partial charge in [0, 0.05) is 19.2 Å². The van der Waals surface area contributed by atoms with Crippen molar-refractivity contribution >= 4 is 23.5 Å². The first-order valence-corrected chi connectivity index (χ1v) is 8.18. The number of esters is 1. The fraction of sp³-hybridized carbons (Fsp3) is 0.211. The second-order valence-electron chi connectivity index (χ2n) is 5.72. The molecular weight excluding hydrogens is 332 g/mol. The second kappa shape index (κ2) is 8.66. The Balaban J connectivity index is 2.03. The molecule has 2 rings (SSSR count). The summed E-state index contributed by atoms with van der Waals surface area (Å²) in [5.41, 5.74) is 12.1. The molecule has 7 nitrogen and oxygen atoms in total. The summed E-state index contributed by atoms with van der Waals surface area (Å²) in [6.45, 7) is 2.70. The maximum atomic E-state index is 12.2. The average molecular weight is 354 g/mol. The number of hydrogen-bond acceptors (Lipinski definition) is 4. The minimum absolute atomic E-state index is 0.0560. The van der Waals surface area contributed by atoms with Gasteiger partial charge in [-0.25, -0.2) is 9.79 Å². The van der Waals surface area contributed by atoms with Crippen molar-refractivity contribution < 1.29 is 14.3 Å². The quantitative estimate of drug-likeness (QED) is 0.358. The highest BCUT2D eigenvalue weighted by Gasteiger charge is 2.12. The average Bonchev–Trinajstić information content (AvgIpc) is 2.62. The van der Waals surface area contributed by atoms with Crippen molar-refractivity contribution in [2.75, 3.05) is 13.6 Å². The van der Waals surface area contributed by atoms with E-state index in [0.717, 1.165) is 6.42 Å². The van der Waals surface area contributed by atoms with E-state index in [0.29, 0.717) is 29.1 Å². The first-order chi connectivity index (χ1) is 12.4. The summed E-state index contributed by atoms with van der Waals surface area (Å²) in [5.74, 6) is -0.277. The zero-order valence-electron chi connectivity index (χ0n) is 14.8. The summed E-state index contributed by atoms with van der Waals surface area (Å²) in [7, 11) is 1.76. The van der Waals surface area contributed by atoms with E-state index in [2.05, 4.69) is 4.99 Å². The highest BCUT2D eigenvalue weighted by molar-refractivity contribution is 5.94. The van der Waals surface area contributed by atoms with Gasteiger partial charge in [0.05, 0.1) is 11.3 Å². The van der Waals surface area contributed by atoms with Crippen LogP contribution in [0.5, 0.6) is 5.75 Å². The smallest absolute Gasteiger partial charge is 0.343 e. The van der Waals surface area contributed by atoms with Gasteiger partial charge in [-0.05, 0) is 55.0 Å². The molecule has 0 saturated carbocycles. The summed E-state index contributed by atoms with van der Waals surface area (Å²) in [5, 5.41) is 0. The van der Waals surface area contributed by atoms with Gasteiger partial charge in [-0.1, -0.05) is 6.92 Å². The third kappa shape index (κ3) is 5.07. The van der Waals surface area contributed by atoms with Crippen LogP contribution < -0.4 is 16.2 Å². The molecule has 2 aromatic rings. The molecule has 0 aliphatic carbocycles. The Morgan fingerprint density at radius 1 is 1.00 bits per heavy atom. The molecule has 4 N–H and O–H groups in total. The molecule has 0 aliphatic rings. The fourth-order valence-corrected chi connectivity index (χ4v) is 2.31. The van der Waals surface area contributed by atoms with Crippen molar-refractivity contribution in [2.45, 2.75) is 13.3 Å². The van der Waals surface area contributed by atoms with E-state index in [9.17, 15) is 9.59 Å². The number of nitrogens with two attached hydrogens (primary N) is 2. The van der Waals surface area contributed by atoms with Crippen LogP contribution in [0.4, 0.5) is 5.69 Å². The number of benzene rings is 2. The SMILES string of the molecule is CCCN(C)C(=O)c1ccc(OC(=O)c2ccc(N=C(N)N)cc2)cc1. The summed E-state index contributed by atoms with van der Waals surface area (Å²) < 4.78 is 5.32. The van der Waals surface area contributed by atoms with E-state index in [1.807, 2.05) is 6.92 Å². The number of ether oxygens (including phenoxy) is 1. The normalized spacial score (nSPS) is 10.1. The number of nitrogens with zero attached hydrogens (tertiary/aromatic N) is 2. The molecule has 0 atom stereocenters. The van der Waals surface area contributed by atoms with Gasteiger partial charge >= 0.3 is 5.97 Å². The van der Waals surface area contributed by atoms with Crippen LogP contribution in [-0.4, -0.2) is 36.3 Å². The van der Waals surface area contributed by atoms with Gasteiger partial charge in [0.25, 0.3) is 5.91 Å². The van der Waals surface area contributed by atoms with Gasteiger partial charge in [-0.15, -0.1) is 0 Å². The molecule has 0 unspecified atom stereocenters. The van der Waals surface area contributed by atoms with Crippen molar-refractivity contribution in [3.8, 4) is 5.75 Å². The number of aliphatic imine (C=N–C) groups is 1. The van der Waals surface area contributed by atoms with Crippen LogP contribution >= 0.6 is 0 Å². The Bertz CT molecular complexity index is 795. The Morgan fingerprint density at radius 3 is 2.12 bits per heavy atom. The molecule has 0 heterocycles. The van der Waals surface area contributed by atoms with Crippen LogP contribution in [0.3, 0.4) is 0 Å². The number of guanidine groups is 1. The molecule has 0 fully saturated rings. The van der Waals surface area contributed by atoms with E-state index in [1.54, 1.807) is 60.5 Å². The van der Waals surface area contributed by atoms with E-state index in [1.165, 1.54) is 0 Å². The molecule has 26 heavy (non-hydrogen) atoms. The number of amides is 1. The Morgan fingerprint density at radius 2 is 1.58 bits per heavy atom. The topological polar surface area (TPSA) is 111 Å². The van der Waals surface area contributed by atoms with Crippen molar-refractivity contribution in [2.24, 2.45) is 16.5 Å². The zero-order valence-corrected chi connectivity index (χ0v) is 14.8. The van der Waals surface area contributed by atoms with Crippen LogP contribution in [0.25, 0.3) is 0 Å². The van der Waals surface area contributed by atoms with Crippen molar-refractivity contribution in [3.63, 3.8) is 0 Å². The number of hydrogen-bond donors (Lipinski definition) is 2. The molecule has 2 aromatic carbocycles. The Kier molecular flexibility index (Phi) is 6.32. The first kappa shape index (κ1) is 19.0. The summed E-state index contributed by atoms with van der Waals surface area (Å²) in [6, 6.07) is 12.8. The van der Waals surface area contributed by atoms with Gasteiger partial charge in [0.15, 0.2) is 5.96 Å². The molecule has 0 saturated heterocycles. The van der Waals surface area contributed by atoms with Crippen molar-refractivity contribution in [3.05, 3.63) is 59.7 Å². The molecule has 136 valence electrons. The highest BCUT2D eigenvalue weighted by Crippen LogP contribution is 2.17. The predicted octanol–water partition coefficient (Wildman–Crippen LogP) is 2.29. The third-order valence-electron chi connectivity index (χ3n) is 3.58. The van der Waals surface area contributed by atoms with Gasteiger partial charge < -0.3 is 21.1 Å². The number of carbonyl (C=O) groups excluding carboxylic acids is 2. The number of carbonyl (C=O) groups is 2. The van der Waals surface area contributed by atoms with Crippen molar-refractivity contribution in [1.82, 2.24) is 4.90 Å². The minimum atomic E-state index is -0.511. The van der Waals surface area contributed by atoms with E-state index < -0.39 is 5.97 Å². The van der Waals surface area contributed by atoms with Crippen LogP contribution in [-0.2, 0) is 0 Å². The van der Waals surface area contributed by atoms with E-state index >= 15 is 0 Å². The minimum Gasteiger partial charge on any atom is -0.423 e. The highest BCUT2D eigenvalue weighted by atomic mass is 16.5. The lowest BCUT2D eigenvalue weighted by molar-refractivity contribution is 0.0734. The largest absolute Gasteiger partial charge is 0.423 e. The maximum Gasteiger partial charge on any atom is 0.343 e. The van der Waals surface area contributed by atoms with Crippen LogP contribution in [0, 0.1) is 0 Å². The van der Waals surface area contributed by atoms with Crippen LogP contribution in [0.15, 0.2) is 53.5 Å². The van der Waals surface area contributed by atoms with Crippen LogP contribution in [0.1, 0.15) is 34.1 Å². The first-order valence-electron chi connectivity index (χ1n) is 8.18. The lowest BCUT2D eigenvalue weighted by atomic mass is 10.2. The van der Waals surface area contributed by atoms with Crippen LogP contribution in [0.2, 0.25) is 0 Å². The fourth-order valence-electron chi connectivity index (χ4n) is 2.31. The summed E-state index contributed by atoms with van der Waals surface area (Å²) in [6.07, 6.45) is 0.889. The lowest BCUT2D eigenvalue weighted by Crippen LogP contribution is -2.27. The molecule has 0 bridgehead atoms. The second-order valence-corrected chi connectivity index (χ2v) is 5.72. The van der Waals surface area contributed by atoms with Gasteiger partial charge in [-0.3, -0.25) is 4.79 Å². The maximum absolute atomic E-state index is 12.2. The van der Waals surface area contributed by atoms with Gasteiger partial charge in [0.1, 0.15) is 5.75 Å². The Hall–Kier alpha value is -3.35. The third-order valence-corrected chi connectivity index (χ3v) is 3.58. The predicted molar refractivity (Wildman–Crippen MR) is 101 cm³/mol. The molecule has 1 amide bonds. The monoisotopic (exact) mass is 354 g/mol. The molecular formula is C19H22N4O3. The van der Waals surface area contributed by atoms with E-state index in [4.69, 9.17) is 16.2 Å². The molecule has 0 radical (unpaired) electrons. The van der Waals surface area contributed by atoms with E-state index in [-0.39, 0.29) is 11.9 Å². The zero-order chi connectivity index (χ0) is 19.1. The molecule has 0 aromatic heterocycles. The molecule has 0 spiro atoms. The summed E-state index contributed by atoms with van der Waals surface area (Å²) >= 11 is 0.